The molecule has 0 aliphatic heterocycles. The molecular formula is C16H18N2O2. The Hall–Kier alpha value is -2.36. The smallest absolute Gasteiger partial charge is 0.260 e. The van der Waals surface area contributed by atoms with Gasteiger partial charge < -0.3 is 10.1 Å². The fourth-order valence-electron chi connectivity index (χ4n) is 2.02. The zero-order valence-corrected chi connectivity index (χ0v) is 11.9. The first-order valence-corrected chi connectivity index (χ1v) is 6.58. The second-order valence-electron chi connectivity index (χ2n) is 4.55. The van der Waals surface area contributed by atoms with E-state index in [4.69, 9.17) is 4.74 Å². The maximum atomic E-state index is 12.3. The Morgan fingerprint density at radius 1 is 1.25 bits per heavy atom. The minimum Gasteiger partial charge on any atom is -0.493 e. The number of ether oxygens (including phenoxy) is 1. The quantitative estimate of drug-likeness (QED) is 0.927. The number of carbonyl (C=O) groups is 1. The lowest BCUT2D eigenvalue weighted by Crippen LogP contribution is -2.15. The minimum absolute atomic E-state index is 0.216. The van der Waals surface area contributed by atoms with Crippen molar-refractivity contribution < 1.29 is 9.53 Å². The highest BCUT2D eigenvalue weighted by Gasteiger charge is 2.12. The predicted molar refractivity (Wildman–Crippen MR) is 79.3 cm³/mol. The van der Waals surface area contributed by atoms with E-state index in [0.717, 1.165) is 11.3 Å². The fraction of sp³-hybridized carbons (Fsp3) is 0.250. The molecule has 4 heteroatoms. The third-order valence-corrected chi connectivity index (χ3v) is 2.77. The number of nitrogens with one attached hydrogen (secondary N) is 1. The molecule has 0 saturated carbocycles. The number of aryl methyl sites for hydroxylation is 2. The van der Waals surface area contributed by atoms with Crippen LogP contribution in [0.15, 0.2) is 36.4 Å². The molecule has 0 aliphatic rings. The van der Waals surface area contributed by atoms with Crippen LogP contribution in [-0.4, -0.2) is 17.5 Å². The zero-order valence-electron chi connectivity index (χ0n) is 11.9. The Bertz CT molecular complexity index is 603. The molecule has 0 atom stereocenters. The lowest BCUT2D eigenvalue weighted by Gasteiger charge is -2.10. The number of carbonyl (C=O) groups excluding carboxylic acids is 1. The normalized spacial score (nSPS) is 10.2. The lowest BCUT2D eigenvalue weighted by molar-refractivity contribution is 0.102. The third-order valence-electron chi connectivity index (χ3n) is 2.77. The summed E-state index contributed by atoms with van der Waals surface area (Å²) in [5.41, 5.74) is 2.44. The number of anilines is 1. The Kier molecular flexibility index (Phi) is 4.35. The number of hydrogen-bond donors (Lipinski definition) is 1. The van der Waals surface area contributed by atoms with Crippen LogP contribution in [0.4, 0.5) is 5.82 Å². The van der Waals surface area contributed by atoms with Gasteiger partial charge in [-0.25, -0.2) is 4.98 Å². The molecule has 0 bridgehead atoms. The first kappa shape index (κ1) is 14.1. The van der Waals surface area contributed by atoms with Gasteiger partial charge in [0.2, 0.25) is 0 Å². The van der Waals surface area contributed by atoms with E-state index in [1.54, 1.807) is 12.1 Å². The summed E-state index contributed by atoms with van der Waals surface area (Å²) in [6.45, 7) is 6.28. The van der Waals surface area contributed by atoms with E-state index < -0.39 is 0 Å². The van der Waals surface area contributed by atoms with E-state index in [1.807, 2.05) is 45.0 Å². The van der Waals surface area contributed by atoms with Gasteiger partial charge in [-0.15, -0.1) is 0 Å². The van der Waals surface area contributed by atoms with Crippen molar-refractivity contribution in [2.45, 2.75) is 20.8 Å². The molecule has 0 radical (unpaired) electrons. The topological polar surface area (TPSA) is 51.2 Å². The number of aromatic nitrogens is 1. The summed E-state index contributed by atoms with van der Waals surface area (Å²) in [5.74, 6) is 0.919. The average molecular weight is 270 g/mol. The fourth-order valence-corrected chi connectivity index (χ4v) is 2.02. The number of para-hydroxylation sites is 1. The van der Waals surface area contributed by atoms with Crippen molar-refractivity contribution >= 4 is 11.7 Å². The highest BCUT2D eigenvalue weighted by atomic mass is 16.5. The molecule has 1 N–H and O–H groups in total. The number of nitrogens with zero attached hydrogens (tertiary/aromatic N) is 1. The molecule has 1 aromatic heterocycles. The van der Waals surface area contributed by atoms with Gasteiger partial charge in [0.25, 0.3) is 5.91 Å². The van der Waals surface area contributed by atoms with Crippen LogP contribution in [0.3, 0.4) is 0 Å². The van der Waals surface area contributed by atoms with Crippen molar-refractivity contribution in [3.8, 4) is 5.75 Å². The van der Waals surface area contributed by atoms with E-state index in [9.17, 15) is 4.79 Å². The van der Waals surface area contributed by atoms with Crippen LogP contribution in [0, 0.1) is 13.8 Å². The summed E-state index contributed by atoms with van der Waals surface area (Å²) < 4.78 is 5.46. The molecule has 104 valence electrons. The number of amides is 1. The van der Waals surface area contributed by atoms with Crippen LogP contribution in [-0.2, 0) is 0 Å². The van der Waals surface area contributed by atoms with Crippen molar-refractivity contribution in [2.75, 3.05) is 11.9 Å². The minimum atomic E-state index is -0.216. The summed E-state index contributed by atoms with van der Waals surface area (Å²) in [5, 5.41) is 2.81. The zero-order chi connectivity index (χ0) is 14.5. The standard InChI is InChI=1S/C16H18N2O2/c1-4-20-14-8-6-5-7-13(14)16(19)18-15-10-11(2)9-12(3)17-15/h5-10H,4H2,1-3H3,(H,17,18,19). The van der Waals surface area contributed by atoms with Crippen LogP contribution in [0.5, 0.6) is 5.75 Å². The number of pyridine rings is 1. The van der Waals surface area contributed by atoms with Gasteiger partial charge in [-0.1, -0.05) is 12.1 Å². The maximum absolute atomic E-state index is 12.3. The van der Waals surface area contributed by atoms with Gasteiger partial charge in [0.1, 0.15) is 11.6 Å². The molecule has 1 aromatic carbocycles. The van der Waals surface area contributed by atoms with Crippen molar-refractivity contribution in [1.82, 2.24) is 4.98 Å². The largest absolute Gasteiger partial charge is 0.493 e. The molecule has 0 spiro atoms. The van der Waals surface area contributed by atoms with Crippen LogP contribution in [0.1, 0.15) is 28.5 Å². The molecule has 4 nitrogen and oxygen atoms in total. The average Bonchev–Trinajstić information content (AvgIpc) is 2.38. The van der Waals surface area contributed by atoms with E-state index >= 15 is 0 Å². The van der Waals surface area contributed by atoms with Crippen molar-refractivity contribution in [3.05, 3.63) is 53.2 Å². The van der Waals surface area contributed by atoms with Crippen molar-refractivity contribution in [3.63, 3.8) is 0 Å². The highest BCUT2D eigenvalue weighted by Crippen LogP contribution is 2.19. The van der Waals surface area contributed by atoms with Gasteiger partial charge in [-0.2, -0.15) is 0 Å². The molecule has 0 saturated heterocycles. The molecule has 2 aromatic rings. The molecule has 20 heavy (non-hydrogen) atoms. The molecule has 0 unspecified atom stereocenters. The predicted octanol–water partition coefficient (Wildman–Crippen LogP) is 3.35. The summed E-state index contributed by atoms with van der Waals surface area (Å²) in [6.07, 6.45) is 0. The summed E-state index contributed by atoms with van der Waals surface area (Å²) in [7, 11) is 0. The van der Waals surface area contributed by atoms with Gasteiger partial charge in [-0.3, -0.25) is 4.79 Å². The monoisotopic (exact) mass is 270 g/mol. The van der Waals surface area contributed by atoms with Crippen LogP contribution in [0.2, 0.25) is 0 Å². The first-order valence-electron chi connectivity index (χ1n) is 6.58. The number of hydrogen-bond acceptors (Lipinski definition) is 3. The van der Waals surface area contributed by atoms with E-state index in [2.05, 4.69) is 10.3 Å². The second kappa shape index (κ2) is 6.19. The first-order chi connectivity index (χ1) is 9.60. The number of benzene rings is 1. The molecule has 0 fully saturated rings. The molecular weight excluding hydrogens is 252 g/mol. The summed E-state index contributed by atoms with van der Waals surface area (Å²) >= 11 is 0. The molecule has 2 rings (SSSR count). The van der Waals surface area contributed by atoms with Crippen LogP contribution < -0.4 is 10.1 Å². The SMILES string of the molecule is CCOc1ccccc1C(=O)Nc1cc(C)cc(C)n1. The molecule has 1 amide bonds. The summed E-state index contributed by atoms with van der Waals surface area (Å²) in [6, 6.07) is 11.0. The van der Waals surface area contributed by atoms with Gasteiger partial charge in [0, 0.05) is 5.69 Å². The Morgan fingerprint density at radius 3 is 2.70 bits per heavy atom. The van der Waals surface area contributed by atoms with Gasteiger partial charge in [-0.05, 0) is 50.6 Å². The maximum Gasteiger partial charge on any atom is 0.260 e. The van der Waals surface area contributed by atoms with Gasteiger partial charge in [0.15, 0.2) is 0 Å². The lowest BCUT2D eigenvalue weighted by atomic mass is 10.2. The Morgan fingerprint density at radius 2 is 2.00 bits per heavy atom. The second-order valence-corrected chi connectivity index (χ2v) is 4.55. The molecule has 0 aliphatic carbocycles. The van der Waals surface area contributed by atoms with E-state index in [1.165, 1.54) is 0 Å². The van der Waals surface area contributed by atoms with Crippen LogP contribution in [0.25, 0.3) is 0 Å². The Balaban J connectivity index is 2.23. The van der Waals surface area contributed by atoms with E-state index in [-0.39, 0.29) is 5.91 Å². The highest BCUT2D eigenvalue weighted by molar-refractivity contribution is 6.05. The van der Waals surface area contributed by atoms with Gasteiger partial charge >= 0.3 is 0 Å². The third kappa shape index (κ3) is 3.35. The van der Waals surface area contributed by atoms with Crippen molar-refractivity contribution in [2.24, 2.45) is 0 Å². The van der Waals surface area contributed by atoms with Crippen molar-refractivity contribution in [1.29, 1.82) is 0 Å². The van der Waals surface area contributed by atoms with Gasteiger partial charge in [0.05, 0.1) is 12.2 Å². The summed E-state index contributed by atoms with van der Waals surface area (Å²) in [4.78, 5) is 16.6. The van der Waals surface area contributed by atoms with Crippen LogP contribution >= 0.6 is 0 Å². The Labute approximate surface area is 118 Å². The van der Waals surface area contributed by atoms with E-state index in [0.29, 0.717) is 23.7 Å². The number of rotatable bonds is 4. The molecule has 1 heterocycles.